The van der Waals surface area contributed by atoms with Crippen molar-refractivity contribution in [3.05, 3.63) is 91.0 Å². The predicted molar refractivity (Wildman–Crippen MR) is 109 cm³/mol. The van der Waals surface area contributed by atoms with Crippen LogP contribution in [0.5, 0.6) is 0 Å². The summed E-state index contributed by atoms with van der Waals surface area (Å²) in [6, 6.07) is 28.4. The molecule has 0 aliphatic heterocycles. The predicted octanol–water partition coefficient (Wildman–Crippen LogP) is 2.78. The molecule has 5 heteroatoms. The Labute approximate surface area is 158 Å². The van der Waals surface area contributed by atoms with Gasteiger partial charge in [0.1, 0.15) is 0 Å². The van der Waals surface area contributed by atoms with Crippen LogP contribution in [-0.4, -0.2) is 25.7 Å². The molecule has 0 unspecified atom stereocenters. The van der Waals surface area contributed by atoms with Gasteiger partial charge in [0.05, 0.1) is 0 Å². The second-order valence-electron chi connectivity index (χ2n) is 6.16. The molecule has 0 heterocycles. The molecule has 0 saturated heterocycles. The van der Waals surface area contributed by atoms with Crippen molar-refractivity contribution in [3.63, 3.8) is 0 Å². The standard InChI is InChI=1S/C22H21O4P/c1-25-22(24)17-27(26-18-23,19-11-5-2-6-12-19,20-13-7-3-8-14-20)21-15-9-4-10-16-21/h2-16,18H,17H2,1H3. The van der Waals surface area contributed by atoms with Crippen molar-refractivity contribution >= 4 is 35.2 Å². The van der Waals surface area contributed by atoms with Crippen molar-refractivity contribution < 1.29 is 18.8 Å². The summed E-state index contributed by atoms with van der Waals surface area (Å²) in [5.41, 5.74) is 0. The fourth-order valence-electron chi connectivity index (χ4n) is 3.58. The van der Waals surface area contributed by atoms with Gasteiger partial charge in [-0.3, -0.25) is 0 Å². The first-order valence-corrected chi connectivity index (χ1v) is 10.9. The molecule has 0 fully saturated rings. The quantitative estimate of drug-likeness (QED) is 0.359. The number of carbonyl (C=O) groups excluding carboxylic acids is 2. The van der Waals surface area contributed by atoms with E-state index in [4.69, 9.17) is 9.26 Å². The van der Waals surface area contributed by atoms with Gasteiger partial charge in [0.2, 0.25) is 0 Å². The van der Waals surface area contributed by atoms with Gasteiger partial charge in [0.15, 0.2) is 0 Å². The van der Waals surface area contributed by atoms with Crippen LogP contribution in [0.4, 0.5) is 0 Å². The average Bonchev–Trinajstić information content (AvgIpc) is 2.75. The molecule has 0 aromatic heterocycles. The molecule has 4 nitrogen and oxygen atoms in total. The molecule has 0 aliphatic carbocycles. The Morgan fingerprint density at radius 3 is 1.44 bits per heavy atom. The van der Waals surface area contributed by atoms with Crippen molar-refractivity contribution in [2.45, 2.75) is 0 Å². The van der Waals surface area contributed by atoms with E-state index in [0.29, 0.717) is 6.47 Å². The topological polar surface area (TPSA) is 52.6 Å². The molecule has 0 amide bonds. The van der Waals surface area contributed by atoms with Gasteiger partial charge in [-0.1, -0.05) is 0 Å². The fraction of sp³-hybridized carbons (Fsp3) is 0.0909. The van der Waals surface area contributed by atoms with Gasteiger partial charge in [-0.2, -0.15) is 0 Å². The first kappa shape index (κ1) is 18.8. The zero-order valence-electron chi connectivity index (χ0n) is 15.0. The van der Waals surface area contributed by atoms with E-state index in [9.17, 15) is 9.59 Å². The normalized spacial score (nSPS) is 12.4. The molecule has 0 atom stereocenters. The molecule has 3 rings (SSSR count). The number of esters is 1. The van der Waals surface area contributed by atoms with Crippen LogP contribution in [0, 0.1) is 0 Å². The summed E-state index contributed by atoms with van der Waals surface area (Å²) < 4.78 is 11.1. The van der Waals surface area contributed by atoms with E-state index in [-0.39, 0.29) is 6.16 Å². The zero-order chi connectivity index (χ0) is 19.2. The third-order valence-corrected chi connectivity index (χ3v) is 10.4. The number of ether oxygens (including phenoxy) is 1. The van der Waals surface area contributed by atoms with Crippen molar-refractivity contribution in [2.24, 2.45) is 0 Å². The Hall–Kier alpha value is -2.97. The molecule has 0 radical (unpaired) electrons. The molecule has 0 saturated carbocycles. The van der Waals surface area contributed by atoms with E-state index >= 15 is 0 Å². The molecule has 0 aliphatic rings. The van der Waals surface area contributed by atoms with E-state index in [1.165, 1.54) is 7.11 Å². The minimum absolute atomic E-state index is 0.0706. The third-order valence-electron chi connectivity index (χ3n) is 4.84. The first-order valence-electron chi connectivity index (χ1n) is 8.54. The van der Waals surface area contributed by atoms with Gasteiger partial charge in [0.25, 0.3) is 0 Å². The molecule has 3 aromatic carbocycles. The van der Waals surface area contributed by atoms with E-state index in [1.54, 1.807) is 0 Å². The van der Waals surface area contributed by atoms with Crippen LogP contribution < -0.4 is 15.9 Å². The van der Waals surface area contributed by atoms with Crippen LogP contribution in [0.3, 0.4) is 0 Å². The summed E-state index contributed by atoms with van der Waals surface area (Å²) in [7, 11) is 1.34. The van der Waals surface area contributed by atoms with Crippen LogP contribution in [0.1, 0.15) is 0 Å². The van der Waals surface area contributed by atoms with Gasteiger partial charge >= 0.3 is 158 Å². The summed E-state index contributed by atoms with van der Waals surface area (Å²) in [6.07, 6.45) is -0.0706. The Morgan fingerprint density at radius 2 is 1.15 bits per heavy atom. The Bertz CT molecular complexity index is 811. The Balaban J connectivity index is 2.52. The number of rotatable bonds is 7. The van der Waals surface area contributed by atoms with Gasteiger partial charge in [-0.05, 0) is 0 Å². The molecular weight excluding hydrogens is 359 g/mol. The average molecular weight is 380 g/mol. The van der Waals surface area contributed by atoms with E-state index < -0.39 is 12.8 Å². The molecule has 0 N–H and O–H groups in total. The Morgan fingerprint density at radius 1 is 0.778 bits per heavy atom. The van der Waals surface area contributed by atoms with Crippen molar-refractivity contribution in [1.29, 1.82) is 0 Å². The summed E-state index contributed by atoms with van der Waals surface area (Å²) in [4.78, 5) is 24.5. The van der Waals surface area contributed by atoms with Crippen LogP contribution in [-0.2, 0) is 18.8 Å². The first-order chi connectivity index (χ1) is 13.2. The van der Waals surface area contributed by atoms with Crippen molar-refractivity contribution in [3.8, 4) is 0 Å². The van der Waals surface area contributed by atoms with Crippen LogP contribution in [0.25, 0.3) is 0 Å². The van der Waals surface area contributed by atoms with E-state index in [0.717, 1.165) is 15.9 Å². The number of hydrogen-bond acceptors (Lipinski definition) is 4. The maximum atomic E-state index is 12.6. The monoisotopic (exact) mass is 380 g/mol. The van der Waals surface area contributed by atoms with E-state index in [1.807, 2.05) is 91.0 Å². The second kappa shape index (κ2) is 7.73. The molecule has 0 bridgehead atoms. The van der Waals surface area contributed by atoms with Crippen LogP contribution in [0.15, 0.2) is 91.0 Å². The summed E-state index contributed by atoms with van der Waals surface area (Å²) >= 11 is 0. The number of benzene rings is 3. The van der Waals surface area contributed by atoms with Gasteiger partial charge < -0.3 is 0 Å². The molecule has 138 valence electrons. The van der Waals surface area contributed by atoms with Crippen molar-refractivity contribution in [1.82, 2.24) is 0 Å². The number of methoxy groups -OCH3 is 1. The second-order valence-corrected chi connectivity index (χ2v) is 10.7. The molecule has 27 heavy (non-hydrogen) atoms. The molecular formula is C22H21O4P. The van der Waals surface area contributed by atoms with Crippen LogP contribution >= 0.6 is 6.83 Å². The van der Waals surface area contributed by atoms with Gasteiger partial charge in [-0.15, -0.1) is 0 Å². The van der Waals surface area contributed by atoms with Crippen LogP contribution in [0.2, 0.25) is 0 Å². The summed E-state index contributed by atoms with van der Waals surface area (Å²) in [5, 5.41) is 2.37. The molecule has 0 spiro atoms. The third kappa shape index (κ3) is 3.02. The van der Waals surface area contributed by atoms with Gasteiger partial charge in [-0.25, -0.2) is 0 Å². The molecule has 3 aromatic rings. The number of carbonyl (C=O) groups is 2. The van der Waals surface area contributed by atoms with E-state index in [2.05, 4.69) is 0 Å². The SMILES string of the molecule is COC(=O)CP(OC=O)(c1ccccc1)(c1ccccc1)c1ccccc1. The Kier molecular flexibility index (Phi) is 5.38. The maximum absolute atomic E-state index is 12.6. The van der Waals surface area contributed by atoms with Crippen molar-refractivity contribution in [2.75, 3.05) is 13.3 Å². The van der Waals surface area contributed by atoms with Gasteiger partial charge in [0, 0.05) is 0 Å². The fourth-order valence-corrected chi connectivity index (χ4v) is 8.68. The number of hydrogen-bond donors (Lipinski definition) is 0. The zero-order valence-corrected chi connectivity index (χ0v) is 15.9. The summed E-state index contributed by atoms with van der Waals surface area (Å²) in [6.45, 7) is -3.46. The summed E-state index contributed by atoms with van der Waals surface area (Å²) in [5.74, 6) is -0.439. The minimum atomic E-state index is -3.92.